The van der Waals surface area contributed by atoms with Crippen LogP contribution in [-0.4, -0.2) is 54.2 Å². The molecule has 2 fully saturated rings. The Morgan fingerprint density at radius 1 is 1.15 bits per heavy atom. The quantitative estimate of drug-likeness (QED) is 0.566. The Labute approximate surface area is 210 Å². The first-order chi connectivity index (χ1) is 15.9. The third-order valence-electron chi connectivity index (χ3n) is 6.42. The second-order valence-electron chi connectivity index (χ2n) is 9.50. The fourth-order valence-corrected chi connectivity index (χ4v) is 4.79. The van der Waals surface area contributed by atoms with Crippen LogP contribution in [0.5, 0.6) is 5.75 Å². The van der Waals surface area contributed by atoms with E-state index in [0.717, 1.165) is 23.3 Å². The zero-order valence-corrected chi connectivity index (χ0v) is 20.4. The SMILES string of the molecule is Cl.Cl.[2H]C([2H])([2H])n1cc(-c2cnc(-c3ccc(N(C)C4CC(C)(C)NC5(CC5)C4)nn3)c(O)c2)cn1. The van der Waals surface area contributed by atoms with E-state index in [-0.39, 0.29) is 41.6 Å². The standard InChI is InChI=1S/C23H29N7O.2ClH/c1-22(2)10-17(11-23(28-22)7-8-23)30(4)20-6-5-18(26-27-20)21-19(31)9-15(12-24-21)16-13-25-29(3)14-16;;/h5-6,9,12-14,17,28,31H,7-8,10-11H2,1-4H3;2*1H/i3D3;;. The van der Waals surface area contributed by atoms with E-state index in [9.17, 15) is 5.11 Å². The van der Waals surface area contributed by atoms with E-state index >= 15 is 0 Å². The largest absolute Gasteiger partial charge is 0.506 e. The molecule has 178 valence electrons. The summed E-state index contributed by atoms with van der Waals surface area (Å²) >= 11 is 0. The van der Waals surface area contributed by atoms with Gasteiger partial charge in [-0.05, 0) is 57.7 Å². The number of aromatic hydroxyl groups is 1. The van der Waals surface area contributed by atoms with Crippen molar-refractivity contribution in [1.29, 1.82) is 0 Å². The minimum Gasteiger partial charge on any atom is -0.506 e. The first-order valence-electron chi connectivity index (χ1n) is 12.1. The predicted octanol–water partition coefficient (Wildman–Crippen LogP) is 3.99. The molecular weight excluding hydrogens is 461 g/mol. The van der Waals surface area contributed by atoms with Crippen molar-refractivity contribution in [3.63, 3.8) is 0 Å². The molecule has 5 rings (SSSR count). The molecule has 0 bridgehead atoms. The fourth-order valence-electron chi connectivity index (χ4n) is 4.79. The molecule has 1 aliphatic carbocycles. The normalized spacial score (nSPS) is 21.7. The molecule has 2 aliphatic rings. The Morgan fingerprint density at radius 3 is 2.55 bits per heavy atom. The topological polar surface area (TPSA) is 92.0 Å². The minimum atomic E-state index is -2.36. The van der Waals surface area contributed by atoms with Crippen molar-refractivity contribution in [2.45, 2.75) is 56.7 Å². The van der Waals surface area contributed by atoms with Crippen LogP contribution >= 0.6 is 24.8 Å². The molecule has 1 saturated heterocycles. The fraction of sp³-hybridized carbons (Fsp3) is 0.478. The average molecular weight is 495 g/mol. The summed E-state index contributed by atoms with van der Waals surface area (Å²) in [6.45, 7) is 2.16. The van der Waals surface area contributed by atoms with Crippen molar-refractivity contribution in [3.05, 3.63) is 36.8 Å². The van der Waals surface area contributed by atoms with Crippen molar-refractivity contribution in [2.75, 3.05) is 11.9 Å². The van der Waals surface area contributed by atoms with Crippen molar-refractivity contribution in [2.24, 2.45) is 6.98 Å². The highest BCUT2D eigenvalue weighted by molar-refractivity contribution is 5.85. The molecule has 1 unspecified atom stereocenters. The summed E-state index contributed by atoms with van der Waals surface area (Å²) in [4.78, 5) is 6.56. The van der Waals surface area contributed by atoms with Gasteiger partial charge in [0.05, 0.1) is 6.20 Å². The van der Waals surface area contributed by atoms with Crippen LogP contribution in [0, 0.1) is 0 Å². The Balaban J connectivity index is 0.00000180. The van der Waals surface area contributed by atoms with Gasteiger partial charge in [0.2, 0.25) is 0 Å². The van der Waals surface area contributed by atoms with Crippen molar-refractivity contribution in [1.82, 2.24) is 30.3 Å². The predicted molar refractivity (Wildman–Crippen MR) is 134 cm³/mol. The van der Waals surface area contributed by atoms with Crippen LogP contribution in [0.1, 0.15) is 43.6 Å². The molecule has 1 aliphatic heterocycles. The van der Waals surface area contributed by atoms with Crippen LogP contribution in [0.2, 0.25) is 0 Å². The van der Waals surface area contributed by atoms with Crippen LogP contribution in [0.25, 0.3) is 22.5 Å². The number of nitrogens with one attached hydrogen (secondary N) is 1. The van der Waals surface area contributed by atoms with Gasteiger partial charge in [-0.1, -0.05) is 0 Å². The number of piperidine rings is 1. The van der Waals surface area contributed by atoms with Gasteiger partial charge in [-0.25, -0.2) is 4.98 Å². The van der Waals surface area contributed by atoms with Crippen LogP contribution in [0.15, 0.2) is 36.8 Å². The molecule has 4 heterocycles. The number of pyridine rings is 1. The highest BCUT2D eigenvalue weighted by Crippen LogP contribution is 2.47. The molecule has 0 aromatic carbocycles. The van der Waals surface area contributed by atoms with Gasteiger partial charge >= 0.3 is 0 Å². The lowest BCUT2D eigenvalue weighted by molar-refractivity contribution is 0.203. The monoisotopic (exact) mass is 494 g/mol. The summed E-state index contributed by atoms with van der Waals surface area (Å²) in [6, 6.07) is 5.62. The first-order valence-corrected chi connectivity index (χ1v) is 10.6. The van der Waals surface area contributed by atoms with Crippen molar-refractivity contribution < 1.29 is 9.22 Å². The van der Waals surface area contributed by atoms with E-state index in [1.165, 1.54) is 31.3 Å². The zero-order chi connectivity index (χ0) is 24.3. The summed E-state index contributed by atoms with van der Waals surface area (Å²) in [5.74, 6) is 0.723. The number of halogens is 2. The molecule has 0 radical (unpaired) electrons. The van der Waals surface area contributed by atoms with Crippen LogP contribution in [0.3, 0.4) is 0 Å². The number of nitrogens with zero attached hydrogens (tertiary/aromatic N) is 6. The van der Waals surface area contributed by atoms with E-state index in [2.05, 4.69) is 51.4 Å². The van der Waals surface area contributed by atoms with Gasteiger partial charge in [0.1, 0.15) is 17.1 Å². The minimum absolute atomic E-state index is 0. The highest BCUT2D eigenvalue weighted by atomic mass is 35.5. The van der Waals surface area contributed by atoms with E-state index < -0.39 is 6.98 Å². The van der Waals surface area contributed by atoms with Crippen LogP contribution in [0.4, 0.5) is 5.82 Å². The first kappa shape index (κ1) is 21.1. The van der Waals surface area contributed by atoms with E-state index in [0.29, 0.717) is 28.6 Å². The summed E-state index contributed by atoms with van der Waals surface area (Å²) in [5, 5.41) is 27.0. The molecule has 10 heteroatoms. The lowest BCUT2D eigenvalue weighted by Gasteiger charge is -2.45. The van der Waals surface area contributed by atoms with Crippen LogP contribution in [-0.2, 0) is 6.98 Å². The second-order valence-corrected chi connectivity index (χ2v) is 9.50. The van der Waals surface area contributed by atoms with E-state index in [1.54, 1.807) is 6.20 Å². The second kappa shape index (κ2) is 9.08. The summed E-state index contributed by atoms with van der Waals surface area (Å²) in [5.41, 5.74) is 2.23. The highest BCUT2D eigenvalue weighted by Gasteiger charge is 2.51. The van der Waals surface area contributed by atoms with Gasteiger partial charge in [-0.3, -0.25) is 4.68 Å². The Hall–Kier alpha value is -2.42. The maximum Gasteiger partial charge on any atom is 0.151 e. The molecule has 3 aromatic rings. The number of hydrogen-bond donors (Lipinski definition) is 2. The third-order valence-corrected chi connectivity index (χ3v) is 6.42. The lowest BCUT2D eigenvalue weighted by Crippen LogP contribution is -2.58. The third kappa shape index (κ3) is 5.08. The summed E-state index contributed by atoms with van der Waals surface area (Å²) in [6.07, 6.45) is 8.97. The molecule has 3 aromatic heterocycles. The smallest absolute Gasteiger partial charge is 0.151 e. The molecule has 0 amide bonds. The van der Waals surface area contributed by atoms with Gasteiger partial charge in [-0.15, -0.1) is 35.0 Å². The lowest BCUT2D eigenvalue weighted by atomic mass is 9.83. The summed E-state index contributed by atoms with van der Waals surface area (Å²) < 4.78 is 23.2. The van der Waals surface area contributed by atoms with E-state index in [4.69, 9.17) is 4.11 Å². The van der Waals surface area contributed by atoms with Gasteiger partial charge in [0, 0.05) is 58.8 Å². The number of rotatable bonds is 4. The maximum absolute atomic E-state index is 10.6. The Bertz CT molecular complexity index is 1210. The Morgan fingerprint density at radius 2 is 1.94 bits per heavy atom. The number of aromatic nitrogens is 5. The molecular formula is C23H31Cl2N7O. The number of hydrogen-bond acceptors (Lipinski definition) is 7. The molecule has 2 N–H and O–H groups in total. The average Bonchev–Trinajstić information content (AvgIpc) is 3.29. The zero-order valence-electron chi connectivity index (χ0n) is 21.8. The molecule has 1 atom stereocenters. The maximum atomic E-state index is 10.6. The number of aryl methyl sites for hydroxylation is 1. The molecule has 8 nitrogen and oxygen atoms in total. The van der Waals surface area contributed by atoms with Crippen molar-refractivity contribution in [3.8, 4) is 28.3 Å². The van der Waals surface area contributed by atoms with Gasteiger partial charge < -0.3 is 15.3 Å². The van der Waals surface area contributed by atoms with Gasteiger partial charge in [0.25, 0.3) is 0 Å². The van der Waals surface area contributed by atoms with E-state index in [1.807, 2.05) is 12.1 Å². The summed E-state index contributed by atoms with van der Waals surface area (Å²) in [7, 11) is 2.07. The van der Waals surface area contributed by atoms with Gasteiger partial charge in [-0.2, -0.15) is 5.10 Å². The molecule has 33 heavy (non-hydrogen) atoms. The molecule has 1 saturated carbocycles. The number of anilines is 1. The van der Waals surface area contributed by atoms with Gasteiger partial charge in [0.15, 0.2) is 5.82 Å². The molecule has 1 spiro atoms. The Kier molecular flexibility index (Phi) is 5.82. The van der Waals surface area contributed by atoms with Crippen LogP contribution < -0.4 is 10.2 Å². The van der Waals surface area contributed by atoms with Crippen molar-refractivity contribution >= 4 is 30.6 Å².